The Balaban J connectivity index is 1.91. The van der Waals surface area contributed by atoms with Crippen molar-refractivity contribution in [2.75, 3.05) is 6.54 Å². The van der Waals surface area contributed by atoms with E-state index < -0.39 is 0 Å². The summed E-state index contributed by atoms with van der Waals surface area (Å²) in [6.07, 6.45) is 9.67. The lowest BCUT2D eigenvalue weighted by Gasteiger charge is -2.27. The van der Waals surface area contributed by atoms with E-state index >= 15 is 0 Å². The van der Waals surface area contributed by atoms with E-state index in [9.17, 15) is 5.11 Å². The van der Waals surface area contributed by atoms with Crippen molar-refractivity contribution in [3.05, 3.63) is 27.2 Å². The predicted molar refractivity (Wildman–Crippen MR) is 81.8 cm³/mol. The van der Waals surface area contributed by atoms with E-state index in [1.165, 1.54) is 55.2 Å². The zero-order valence-electron chi connectivity index (χ0n) is 11.3. The van der Waals surface area contributed by atoms with Crippen molar-refractivity contribution in [2.45, 2.75) is 57.4 Å². The van der Waals surface area contributed by atoms with Gasteiger partial charge in [0, 0.05) is 11.6 Å². The smallest absolute Gasteiger partial charge is 0.133 e. The highest BCUT2D eigenvalue weighted by molar-refractivity contribution is 9.10. The van der Waals surface area contributed by atoms with Crippen LogP contribution in [-0.2, 0) is 19.3 Å². The summed E-state index contributed by atoms with van der Waals surface area (Å²) < 4.78 is 0.874. The Morgan fingerprint density at radius 2 is 2.05 bits per heavy atom. The molecule has 0 aromatic heterocycles. The molecule has 0 spiro atoms. The first-order valence-electron chi connectivity index (χ1n) is 7.51. The molecule has 1 fully saturated rings. The van der Waals surface area contributed by atoms with Crippen LogP contribution in [0.3, 0.4) is 0 Å². The lowest BCUT2D eigenvalue weighted by Crippen LogP contribution is -2.36. The molecule has 0 amide bonds. The lowest BCUT2D eigenvalue weighted by atomic mass is 9.85. The second kappa shape index (κ2) is 5.84. The van der Waals surface area contributed by atoms with Gasteiger partial charge in [0.15, 0.2) is 0 Å². The molecule has 3 heteroatoms. The number of nitrogens with one attached hydrogen (secondary N) is 1. The van der Waals surface area contributed by atoms with E-state index in [0.29, 0.717) is 11.8 Å². The second-order valence-electron chi connectivity index (χ2n) is 5.88. The van der Waals surface area contributed by atoms with Crippen LogP contribution in [0.1, 0.15) is 48.8 Å². The Labute approximate surface area is 123 Å². The summed E-state index contributed by atoms with van der Waals surface area (Å²) in [4.78, 5) is 0. The summed E-state index contributed by atoms with van der Waals surface area (Å²) in [5.74, 6) is 0.480. The molecule has 0 radical (unpaired) electrons. The van der Waals surface area contributed by atoms with E-state index in [2.05, 4.69) is 27.3 Å². The third kappa shape index (κ3) is 2.82. The molecule has 1 heterocycles. The van der Waals surface area contributed by atoms with Crippen LogP contribution in [-0.4, -0.2) is 17.7 Å². The van der Waals surface area contributed by atoms with Gasteiger partial charge in [-0.2, -0.15) is 0 Å². The number of phenolic OH excluding ortho intramolecular Hbond substituents is 1. The summed E-state index contributed by atoms with van der Waals surface area (Å²) in [5, 5.41) is 14.0. The van der Waals surface area contributed by atoms with E-state index in [4.69, 9.17) is 0 Å². The fraction of sp³-hybridized carbons (Fsp3) is 0.625. The highest BCUT2D eigenvalue weighted by atomic mass is 79.9. The van der Waals surface area contributed by atoms with Crippen LogP contribution >= 0.6 is 15.9 Å². The molecule has 1 atom stereocenters. The van der Waals surface area contributed by atoms with Crippen molar-refractivity contribution in [1.82, 2.24) is 5.32 Å². The number of hydrogen-bond acceptors (Lipinski definition) is 2. The molecule has 2 nitrogen and oxygen atoms in total. The standard InChI is InChI=1S/C16H22BrNO/c17-15-9-11-5-1-2-7-13(11)14(16(15)19)10-12-6-3-4-8-18-12/h9,12,18-19H,1-8,10H2. The molecule has 1 unspecified atom stereocenters. The summed E-state index contributed by atoms with van der Waals surface area (Å²) in [6.45, 7) is 1.13. The fourth-order valence-electron chi connectivity index (χ4n) is 3.51. The van der Waals surface area contributed by atoms with Crippen LogP contribution in [0.15, 0.2) is 10.5 Å². The maximum Gasteiger partial charge on any atom is 0.133 e. The molecule has 19 heavy (non-hydrogen) atoms. The Bertz CT molecular complexity index is 466. The third-order valence-corrected chi connectivity index (χ3v) is 5.16. The lowest BCUT2D eigenvalue weighted by molar-refractivity contribution is 0.389. The van der Waals surface area contributed by atoms with Gasteiger partial charge >= 0.3 is 0 Å². The van der Waals surface area contributed by atoms with Crippen LogP contribution < -0.4 is 5.32 Å². The van der Waals surface area contributed by atoms with Crippen LogP contribution in [0.5, 0.6) is 5.75 Å². The van der Waals surface area contributed by atoms with Gasteiger partial charge in [0.2, 0.25) is 0 Å². The maximum absolute atomic E-state index is 10.4. The minimum atomic E-state index is 0.480. The Morgan fingerprint density at radius 1 is 1.21 bits per heavy atom. The van der Waals surface area contributed by atoms with Gasteiger partial charge < -0.3 is 10.4 Å². The number of piperidine rings is 1. The SMILES string of the molecule is Oc1c(Br)cc2c(c1CC1CCCCN1)CCCC2. The maximum atomic E-state index is 10.4. The molecular formula is C16H22BrNO. The third-order valence-electron chi connectivity index (χ3n) is 4.55. The van der Waals surface area contributed by atoms with E-state index in [-0.39, 0.29) is 0 Å². The molecule has 1 aliphatic carbocycles. The van der Waals surface area contributed by atoms with E-state index in [1.807, 2.05) is 0 Å². The van der Waals surface area contributed by atoms with Gasteiger partial charge in [-0.05, 0) is 84.6 Å². The molecule has 1 saturated heterocycles. The van der Waals surface area contributed by atoms with E-state index in [1.54, 1.807) is 0 Å². The molecule has 0 saturated carbocycles. The molecule has 2 aliphatic rings. The minimum Gasteiger partial charge on any atom is -0.506 e. The van der Waals surface area contributed by atoms with Crippen molar-refractivity contribution in [2.24, 2.45) is 0 Å². The topological polar surface area (TPSA) is 32.3 Å². The zero-order chi connectivity index (χ0) is 13.2. The number of phenols is 1. The van der Waals surface area contributed by atoms with Gasteiger partial charge in [0.05, 0.1) is 4.47 Å². The van der Waals surface area contributed by atoms with Crippen molar-refractivity contribution >= 4 is 15.9 Å². The first-order valence-corrected chi connectivity index (χ1v) is 8.30. The molecular weight excluding hydrogens is 302 g/mol. The van der Waals surface area contributed by atoms with Gasteiger partial charge in [-0.15, -0.1) is 0 Å². The quantitative estimate of drug-likeness (QED) is 0.869. The number of halogens is 1. The van der Waals surface area contributed by atoms with Crippen LogP contribution in [0, 0.1) is 0 Å². The van der Waals surface area contributed by atoms with Gasteiger partial charge in [-0.3, -0.25) is 0 Å². The van der Waals surface area contributed by atoms with Gasteiger partial charge in [-0.25, -0.2) is 0 Å². The molecule has 104 valence electrons. The highest BCUT2D eigenvalue weighted by Crippen LogP contribution is 2.37. The molecule has 0 bridgehead atoms. The number of rotatable bonds is 2. The van der Waals surface area contributed by atoms with Crippen molar-refractivity contribution in [3.63, 3.8) is 0 Å². The average Bonchev–Trinajstić information content (AvgIpc) is 2.45. The summed E-state index contributed by atoms with van der Waals surface area (Å²) in [6, 6.07) is 2.67. The fourth-order valence-corrected chi connectivity index (χ4v) is 4.02. The van der Waals surface area contributed by atoms with E-state index in [0.717, 1.165) is 23.9 Å². The highest BCUT2D eigenvalue weighted by Gasteiger charge is 2.22. The number of benzene rings is 1. The first-order chi connectivity index (χ1) is 9.25. The van der Waals surface area contributed by atoms with Gasteiger partial charge in [-0.1, -0.05) is 6.42 Å². The average molecular weight is 324 g/mol. The van der Waals surface area contributed by atoms with Gasteiger partial charge in [0.1, 0.15) is 5.75 Å². The molecule has 3 rings (SSSR count). The van der Waals surface area contributed by atoms with Crippen LogP contribution in [0.25, 0.3) is 0 Å². The Kier molecular flexibility index (Phi) is 4.13. The monoisotopic (exact) mass is 323 g/mol. The zero-order valence-corrected chi connectivity index (χ0v) is 12.9. The van der Waals surface area contributed by atoms with Crippen LogP contribution in [0.2, 0.25) is 0 Å². The first kappa shape index (κ1) is 13.4. The van der Waals surface area contributed by atoms with Crippen LogP contribution in [0.4, 0.5) is 0 Å². The predicted octanol–water partition coefficient (Wildman–Crippen LogP) is 3.72. The van der Waals surface area contributed by atoms with Crippen molar-refractivity contribution < 1.29 is 5.11 Å². The Morgan fingerprint density at radius 3 is 2.84 bits per heavy atom. The number of aryl methyl sites for hydroxylation is 1. The summed E-state index contributed by atoms with van der Waals surface area (Å²) >= 11 is 3.52. The van der Waals surface area contributed by atoms with Gasteiger partial charge in [0.25, 0.3) is 0 Å². The normalized spacial score (nSPS) is 23.1. The minimum absolute atomic E-state index is 0.480. The number of hydrogen-bond donors (Lipinski definition) is 2. The molecule has 1 aliphatic heterocycles. The summed E-state index contributed by atoms with van der Waals surface area (Å²) in [7, 11) is 0. The number of fused-ring (bicyclic) bond motifs is 1. The number of aromatic hydroxyl groups is 1. The molecule has 2 N–H and O–H groups in total. The van der Waals surface area contributed by atoms with Crippen molar-refractivity contribution in [3.8, 4) is 5.75 Å². The summed E-state index contributed by atoms with van der Waals surface area (Å²) in [5.41, 5.74) is 4.07. The van der Waals surface area contributed by atoms with Crippen molar-refractivity contribution in [1.29, 1.82) is 0 Å². The Hall–Kier alpha value is -0.540. The molecule has 1 aromatic carbocycles. The largest absolute Gasteiger partial charge is 0.506 e. The molecule has 1 aromatic rings. The second-order valence-corrected chi connectivity index (χ2v) is 6.74.